The summed E-state index contributed by atoms with van der Waals surface area (Å²) in [6, 6.07) is 9.08. The summed E-state index contributed by atoms with van der Waals surface area (Å²) >= 11 is 0. The van der Waals surface area contributed by atoms with Gasteiger partial charge in [-0.05, 0) is 23.3 Å². The maximum Gasteiger partial charge on any atom is 0.326 e. The van der Waals surface area contributed by atoms with E-state index in [4.69, 9.17) is 5.73 Å². The largest absolute Gasteiger partial charge is 0.384 e. The van der Waals surface area contributed by atoms with Crippen molar-refractivity contribution in [3.05, 3.63) is 59.9 Å². The molecule has 32 heavy (non-hydrogen) atoms. The molecule has 1 atom stereocenters. The number of hydrogen-bond donors (Lipinski definition) is 2. The van der Waals surface area contributed by atoms with Gasteiger partial charge in [-0.25, -0.2) is 4.98 Å². The van der Waals surface area contributed by atoms with E-state index in [-0.39, 0.29) is 6.54 Å². The maximum atomic E-state index is 14.6. The zero-order chi connectivity index (χ0) is 22.9. The lowest BCUT2D eigenvalue weighted by molar-refractivity contribution is -0.150. The Balaban J connectivity index is 1.42. The van der Waals surface area contributed by atoms with Crippen molar-refractivity contribution in [2.24, 2.45) is 0 Å². The van der Waals surface area contributed by atoms with E-state index in [0.29, 0.717) is 29.2 Å². The number of pyridine rings is 1. The molecule has 3 heterocycles. The lowest BCUT2D eigenvalue weighted by Gasteiger charge is -2.32. The molecular formula is C21H21F2N7O2. The number of likely N-dealkylation sites (N-methyl/N-ethyl adjacent to an activating group) is 1. The third-order valence-corrected chi connectivity index (χ3v) is 5.28. The van der Waals surface area contributed by atoms with Gasteiger partial charge in [0.05, 0.1) is 6.20 Å². The molecule has 4 rings (SSSR count). The topological polar surface area (TPSA) is 119 Å². The van der Waals surface area contributed by atoms with E-state index >= 15 is 0 Å². The number of alkyl halides is 2. The zero-order valence-electron chi connectivity index (χ0n) is 17.2. The number of nitrogen functional groups attached to an aromatic ring is 1. The standard InChI is InChI=1S/C21H21F2N7O2/c1-29-11-14-4-2-3-5-15(14)18(19(29)31)26-20(32)21(22,23)8-9-30-12-16(27-28-30)13-6-7-17(24)25-10-13/h2-7,10,12,18H,8-9,11H2,1H3,(H2,24,25)(H,26,32). The molecule has 3 aromatic rings. The van der Waals surface area contributed by atoms with Crippen LogP contribution in [0.15, 0.2) is 48.8 Å². The van der Waals surface area contributed by atoms with Gasteiger partial charge in [0.2, 0.25) is 5.91 Å². The second-order valence-corrected chi connectivity index (χ2v) is 7.59. The van der Waals surface area contributed by atoms with E-state index < -0.39 is 30.2 Å². The first-order chi connectivity index (χ1) is 15.2. The quantitative estimate of drug-likeness (QED) is 0.602. The number of aromatic nitrogens is 4. The lowest BCUT2D eigenvalue weighted by atomic mass is 9.94. The summed E-state index contributed by atoms with van der Waals surface area (Å²) in [7, 11) is 1.56. The van der Waals surface area contributed by atoms with Gasteiger partial charge < -0.3 is 16.0 Å². The summed E-state index contributed by atoms with van der Waals surface area (Å²) in [6.07, 6.45) is 2.18. The number of amides is 2. The molecule has 1 aliphatic heterocycles. The Morgan fingerprint density at radius 2 is 2.06 bits per heavy atom. The van der Waals surface area contributed by atoms with Gasteiger partial charge in [-0.15, -0.1) is 5.10 Å². The SMILES string of the molecule is CN1Cc2ccccc2C(NC(=O)C(F)(F)CCn2cc(-c3ccc(N)nc3)nn2)C1=O. The van der Waals surface area contributed by atoms with Crippen molar-refractivity contribution in [2.75, 3.05) is 12.8 Å². The number of aryl methyl sites for hydroxylation is 1. The van der Waals surface area contributed by atoms with E-state index in [1.54, 1.807) is 43.4 Å². The highest BCUT2D eigenvalue weighted by molar-refractivity contribution is 5.92. The number of benzene rings is 1. The number of rotatable bonds is 6. The van der Waals surface area contributed by atoms with Crippen molar-refractivity contribution in [1.29, 1.82) is 0 Å². The molecule has 0 saturated carbocycles. The van der Waals surface area contributed by atoms with Gasteiger partial charge in [-0.3, -0.25) is 14.3 Å². The number of fused-ring (bicyclic) bond motifs is 1. The highest BCUT2D eigenvalue weighted by Crippen LogP contribution is 2.29. The van der Waals surface area contributed by atoms with Gasteiger partial charge in [-0.2, -0.15) is 8.78 Å². The molecule has 2 aromatic heterocycles. The number of halogens is 2. The molecule has 3 N–H and O–H groups in total. The van der Waals surface area contributed by atoms with Crippen molar-refractivity contribution >= 4 is 17.6 Å². The Bertz CT molecular complexity index is 1150. The minimum absolute atomic E-state index is 0.245. The average molecular weight is 441 g/mol. The molecule has 0 bridgehead atoms. The van der Waals surface area contributed by atoms with E-state index in [2.05, 4.69) is 20.6 Å². The van der Waals surface area contributed by atoms with Crippen molar-refractivity contribution < 1.29 is 18.4 Å². The van der Waals surface area contributed by atoms with Crippen LogP contribution in [0, 0.1) is 0 Å². The smallest absolute Gasteiger partial charge is 0.326 e. The second-order valence-electron chi connectivity index (χ2n) is 7.59. The number of carbonyl (C=O) groups is 2. The van der Waals surface area contributed by atoms with Crippen LogP contribution in [0.25, 0.3) is 11.3 Å². The average Bonchev–Trinajstić information content (AvgIpc) is 3.25. The predicted molar refractivity (Wildman–Crippen MR) is 111 cm³/mol. The van der Waals surface area contributed by atoms with Crippen molar-refractivity contribution in [3.8, 4) is 11.3 Å². The van der Waals surface area contributed by atoms with Gasteiger partial charge in [0.1, 0.15) is 17.6 Å². The highest BCUT2D eigenvalue weighted by Gasteiger charge is 2.42. The summed E-state index contributed by atoms with van der Waals surface area (Å²) in [6.45, 7) is 0.112. The van der Waals surface area contributed by atoms with Gasteiger partial charge >= 0.3 is 5.92 Å². The molecule has 0 fully saturated rings. The van der Waals surface area contributed by atoms with Crippen LogP contribution in [0.4, 0.5) is 14.6 Å². The molecule has 0 radical (unpaired) electrons. The van der Waals surface area contributed by atoms with Crippen LogP contribution in [0.2, 0.25) is 0 Å². The highest BCUT2D eigenvalue weighted by atomic mass is 19.3. The first-order valence-electron chi connectivity index (χ1n) is 9.88. The lowest BCUT2D eigenvalue weighted by Crippen LogP contribution is -2.49. The molecule has 2 amide bonds. The fraction of sp³-hybridized carbons (Fsp3) is 0.286. The molecule has 166 valence electrons. The zero-order valence-corrected chi connectivity index (χ0v) is 17.2. The Hall–Kier alpha value is -3.89. The fourth-order valence-corrected chi connectivity index (χ4v) is 3.49. The van der Waals surface area contributed by atoms with Crippen LogP contribution in [0.5, 0.6) is 0 Å². The van der Waals surface area contributed by atoms with Crippen LogP contribution in [-0.4, -0.2) is 49.7 Å². The number of anilines is 1. The summed E-state index contributed by atoms with van der Waals surface area (Å²) in [5, 5.41) is 9.98. The van der Waals surface area contributed by atoms with Gasteiger partial charge in [0, 0.05) is 38.3 Å². The Labute approximate surface area is 182 Å². The van der Waals surface area contributed by atoms with E-state index in [0.717, 1.165) is 5.56 Å². The van der Waals surface area contributed by atoms with Crippen LogP contribution in [-0.2, 0) is 22.7 Å². The number of hydrogen-bond acceptors (Lipinski definition) is 6. The molecule has 1 aromatic carbocycles. The summed E-state index contributed by atoms with van der Waals surface area (Å²) in [5.74, 6) is -5.31. The van der Waals surface area contributed by atoms with Crippen LogP contribution >= 0.6 is 0 Å². The number of carbonyl (C=O) groups excluding carboxylic acids is 2. The normalized spacial score (nSPS) is 16.0. The Morgan fingerprint density at radius 1 is 1.28 bits per heavy atom. The van der Waals surface area contributed by atoms with Crippen LogP contribution in [0.1, 0.15) is 23.6 Å². The third-order valence-electron chi connectivity index (χ3n) is 5.28. The van der Waals surface area contributed by atoms with Gasteiger partial charge in [0.15, 0.2) is 0 Å². The predicted octanol–water partition coefficient (Wildman–Crippen LogP) is 1.78. The molecule has 0 spiro atoms. The maximum absolute atomic E-state index is 14.6. The second kappa shape index (κ2) is 8.33. The molecule has 9 nitrogen and oxygen atoms in total. The van der Waals surface area contributed by atoms with Gasteiger partial charge in [-0.1, -0.05) is 29.5 Å². The molecule has 0 saturated heterocycles. The summed E-state index contributed by atoms with van der Waals surface area (Å²) in [5.41, 5.74) is 7.95. The summed E-state index contributed by atoms with van der Waals surface area (Å²) in [4.78, 5) is 30.2. The first kappa shape index (κ1) is 21.3. The van der Waals surface area contributed by atoms with Crippen LogP contribution < -0.4 is 11.1 Å². The van der Waals surface area contributed by atoms with Crippen molar-refractivity contribution in [2.45, 2.75) is 31.5 Å². The van der Waals surface area contributed by atoms with Crippen molar-refractivity contribution in [1.82, 2.24) is 30.2 Å². The van der Waals surface area contributed by atoms with Crippen molar-refractivity contribution in [3.63, 3.8) is 0 Å². The van der Waals surface area contributed by atoms with Crippen LogP contribution in [0.3, 0.4) is 0 Å². The molecule has 1 unspecified atom stereocenters. The van der Waals surface area contributed by atoms with E-state index in [1.165, 1.54) is 22.0 Å². The Morgan fingerprint density at radius 3 is 2.81 bits per heavy atom. The number of nitrogens with two attached hydrogens (primary N) is 1. The number of nitrogens with one attached hydrogen (secondary N) is 1. The Kier molecular flexibility index (Phi) is 5.56. The fourth-order valence-electron chi connectivity index (χ4n) is 3.49. The van der Waals surface area contributed by atoms with E-state index in [1.807, 2.05) is 0 Å². The molecule has 1 aliphatic rings. The molecular weight excluding hydrogens is 420 g/mol. The minimum atomic E-state index is -3.71. The third kappa shape index (κ3) is 4.27. The monoisotopic (exact) mass is 441 g/mol. The van der Waals surface area contributed by atoms with Gasteiger partial charge in [0.25, 0.3) is 5.91 Å². The molecule has 11 heteroatoms. The molecule has 0 aliphatic carbocycles. The first-order valence-corrected chi connectivity index (χ1v) is 9.88. The summed E-state index contributed by atoms with van der Waals surface area (Å²) < 4.78 is 30.4. The minimum Gasteiger partial charge on any atom is -0.384 e. The number of nitrogens with zero attached hydrogens (tertiary/aromatic N) is 5. The van der Waals surface area contributed by atoms with E-state index in [9.17, 15) is 18.4 Å².